The summed E-state index contributed by atoms with van der Waals surface area (Å²) in [7, 11) is 1.05. The molecule has 0 radical (unpaired) electrons. The molecule has 2 aromatic rings. The van der Waals surface area contributed by atoms with Crippen molar-refractivity contribution in [2.45, 2.75) is 6.18 Å². The van der Waals surface area contributed by atoms with Crippen molar-refractivity contribution < 1.29 is 22.4 Å². The van der Waals surface area contributed by atoms with Crippen molar-refractivity contribution in [3.63, 3.8) is 0 Å². The Morgan fingerprint density at radius 1 is 1.41 bits per heavy atom. The van der Waals surface area contributed by atoms with Crippen molar-refractivity contribution in [2.24, 2.45) is 0 Å². The van der Waals surface area contributed by atoms with Crippen LogP contribution in [0.4, 0.5) is 18.9 Å². The van der Waals surface area contributed by atoms with Crippen LogP contribution in [0.25, 0.3) is 11.1 Å². The number of nitrogens with zero attached hydrogens (tertiary/aromatic N) is 2. The summed E-state index contributed by atoms with van der Waals surface area (Å²) < 4.78 is 41.6. The lowest BCUT2D eigenvalue weighted by atomic mass is 10.2. The van der Waals surface area contributed by atoms with Gasteiger partial charge in [-0.1, -0.05) is 0 Å². The van der Waals surface area contributed by atoms with Crippen LogP contribution in [-0.4, -0.2) is 24.1 Å². The molecule has 17 heavy (non-hydrogen) atoms. The van der Waals surface area contributed by atoms with Crippen LogP contribution in [0.15, 0.2) is 29.0 Å². The minimum Gasteiger partial charge on any atom is -0.443 e. The SMILES string of the molecule is CN(C(=O)C(F)(F)F)c1ccc2ncoc2c1. The molecule has 0 aliphatic rings. The third-order valence-corrected chi connectivity index (χ3v) is 2.25. The highest BCUT2D eigenvalue weighted by Crippen LogP contribution is 2.25. The summed E-state index contributed by atoms with van der Waals surface area (Å²) >= 11 is 0. The van der Waals surface area contributed by atoms with Crippen LogP contribution in [0, 0.1) is 0 Å². The summed E-state index contributed by atoms with van der Waals surface area (Å²) in [5, 5.41) is 0. The van der Waals surface area contributed by atoms with Gasteiger partial charge in [-0.2, -0.15) is 13.2 Å². The maximum Gasteiger partial charge on any atom is 0.471 e. The van der Waals surface area contributed by atoms with Crippen molar-refractivity contribution >= 4 is 22.7 Å². The zero-order valence-corrected chi connectivity index (χ0v) is 8.65. The van der Waals surface area contributed by atoms with E-state index in [-0.39, 0.29) is 5.69 Å². The minimum absolute atomic E-state index is 0.0941. The Morgan fingerprint density at radius 2 is 2.12 bits per heavy atom. The zero-order valence-electron chi connectivity index (χ0n) is 8.65. The van der Waals surface area contributed by atoms with Gasteiger partial charge in [0.15, 0.2) is 12.0 Å². The molecule has 2 rings (SSSR count). The molecule has 90 valence electrons. The maximum absolute atomic E-state index is 12.2. The minimum atomic E-state index is -4.90. The van der Waals surface area contributed by atoms with Crippen molar-refractivity contribution in [1.82, 2.24) is 4.98 Å². The van der Waals surface area contributed by atoms with E-state index in [0.29, 0.717) is 16.0 Å². The van der Waals surface area contributed by atoms with Gasteiger partial charge in [-0.25, -0.2) is 4.98 Å². The van der Waals surface area contributed by atoms with Crippen LogP contribution in [0.2, 0.25) is 0 Å². The predicted molar refractivity (Wildman–Crippen MR) is 53.5 cm³/mol. The number of rotatable bonds is 1. The van der Waals surface area contributed by atoms with Gasteiger partial charge in [0, 0.05) is 18.8 Å². The molecule has 0 saturated heterocycles. The molecule has 0 atom stereocenters. The highest BCUT2D eigenvalue weighted by atomic mass is 19.4. The van der Waals surface area contributed by atoms with Crippen molar-refractivity contribution in [1.29, 1.82) is 0 Å². The topological polar surface area (TPSA) is 46.3 Å². The molecule has 1 amide bonds. The summed E-state index contributed by atoms with van der Waals surface area (Å²) in [6.07, 6.45) is -3.72. The number of anilines is 1. The molecule has 1 aromatic carbocycles. The highest BCUT2D eigenvalue weighted by molar-refractivity contribution is 5.98. The molecule has 0 fully saturated rings. The zero-order chi connectivity index (χ0) is 12.6. The Bertz CT molecular complexity index is 562. The lowest BCUT2D eigenvalue weighted by molar-refractivity contribution is -0.170. The molecule has 0 aliphatic heterocycles. The van der Waals surface area contributed by atoms with E-state index in [2.05, 4.69) is 4.98 Å². The van der Waals surface area contributed by atoms with E-state index in [1.54, 1.807) is 0 Å². The number of hydrogen-bond acceptors (Lipinski definition) is 3. The van der Waals surface area contributed by atoms with Gasteiger partial charge in [-0.3, -0.25) is 4.79 Å². The van der Waals surface area contributed by atoms with Gasteiger partial charge in [-0.05, 0) is 12.1 Å². The van der Waals surface area contributed by atoms with Gasteiger partial charge in [0.1, 0.15) is 5.52 Å². The molecule has 0 bridgehead atoms. The van der Waals surface area contributed by atoms with Crippen molar-refractivity contribution in [3.8, 4) is 0 Å². The van der Waals surface area contributed by atoms with E-state index in [1.807, 2.05) is 0 Å². The number of amides is 1. The van der Waals surface area contributed by atoms with Gasteiger partial charge < -0.3 is 9.32 Å². The summed E-state index contributed by atoms with van der Waals surface area (Å²) in [5.41, 5.74) is 0.933. The van der Waals surface area contributed by atoms with Gasteiger partial charge in [-0.15, -0.1) is 0 Å². The van der Waals surface area contributed by atoms with Crippen LogP contribution < -0.4 is 4.90 Å². The molecule has 0 unspecified atom stereocenters. The molecule has 4 nitrogen and oxygen atoms in total. The van der Waals surface area contributed by atoms with Crippen LogP contribution in [0.5, 0.6) is 0 Å². The predicted octanol–water partition coefficient (Wildman–Crippen LogP) is 2.35. The molecule has 1 aromatic heterocycles. The molecule has 7 heteroatoms. The van der Waals surface area contributed by atoms with E-state index in [1.165, 1.54) is 24.6 Å². The Balaban J connectivity index is 2.36. The smallest absolute Gasteiger partial charge is 0.443 e. The molecular weight excluding hydrogens is 237 g/mol. The second kappa shape index (κ2) is 3.76. The second-order valence-electron chi connectivity index (χ2n) is 3.37. The average molecular weight is 244 g/mol. The summed E-state index contributed by atoms with van der Waals surface area (Å²) in [4.78, 5) is 15.3. The van der Waals surface area contributed by atoms with E-state index in [0.717, 1.165) is 7.05 Å². The first kappa shape index (κ1) is 11.4. The van der Waals surface area contributed by atoms with Gasteiger partial charge in [0.2, 0.25) is 0 Å². The summed E-state index contributed by atoms with van der Waals surface area (Å²) in [5.74, 6) is -1.93. The second-order valence-corrected chi connectivity index (χ2v) is 3.37. The Kier molecular flexibility index (Phi) is 2.53. The van der Waals surface area contributed by atoms with Crippen molar-refractivity contribution in [2.75, 3.05) is 11.9 Å². The molecule has 0 spiro atoms. The van der Waals surface area contributed by atoms with E-state index in [9.17, 15) is 18.0 Å². The molecule has 0 N–H and O–H groups in total. The van der Waals surface area contributed by atoms with Gasteiger partial charge >= 0.3 is 12.1 Å². The fraction of sp³-hybridized carbons (Fsp3) is 0.200. The first-order valence-corrected chi connectivity index (χ1v) is 4.58. The van der Waals surface area contributed by atoms with Crippen LogP contribution in [-0.2, 0) is 4.79 Å². The van der Waals surface area contributed by atoms with Crippen LogP contribution in [0.3, 0.4) is 0 Å². The first-order valence-electron chi connectivity index (χ1n) is 4.58. The fourth-order valence-electron chi connectivity index (χ4n) is 1.36. The number of alkyl halides is 3. The molecular formula is C10H7F3N2O2. The Morgan fingerprint density at radius 3 is 2.76 bits per heavy atom. The first-order chi connectivity index (χ1) is 7.89. The standard InChI is InChI=1S/C10H7F3N2O2/c1-15(9(16)10(11,12)13)6-2-3-7-8(4-6)17-5-14-7/h2-5H,1H3. The van der Waals surface area contributed by atoms with Crippen molar-refractivity contribution in [3.05, 3.63) is 24.6 Å². The monoisotopic (exact) mass is 244 g/mol. The largest absolute Gasteiger partial charge is 0.471 e. The van der Waals surface area contributed by atoms with E-state index >= 15 is 0 Å². The molecule has 0 aliphatic carbocycles. The number of fused-ring (bicyclic) bond motifs is 1. The number of carbonyl (C=O) groups is 1. The van der Waals surface area contributed by atoms with Crippen LogP contribution in [0.1, 0.15) is 0 Å². The van der Waals surface area contributed by atoms with E-state index < -0.39 is 12.1 Å². The number of carbonyl (C=O) groups excluding carboxylic acids is 1. The number of halogens is 3. The van der Waals surface area contributed by atoms with Crippen LogP contribution >= 0.6 is 0 Å². The average Bonchev–Trinajstić information content (AvgIpc) is 2.72. The number of oxazole rings is 1. The fourth-order valence-corrected chi connectivity index (χ4v) is 1.36. The lowest BCUT2D eigenvalue weighted by Crippen LogP contribution is -2.38. The quantitative estimate of drug-likeness (QED) is 0.773. The molecule has 0 saturated carbocycles. The third-order valence-electron chi connectivity index (χ3n) is 2.25. The number of hydrogen-bond donors (Lipinski definition) is 0. The Labute approximate surface area is 93.6 Å². The lowest BCUT2D eigenvalue weighted by Gasteiger charge is -2.18. The maximum atomic E-state index is 12.2. The third kappa shape index (κ3) is 2.08. The normalized spacial score (nSPS) is 11.8. The number of aromatic nitrogens is 1. The number of benzene rings is 1. The summed E-state index contributed by atoms with van der Waals surface area (Å²) in [6, 6.07) is 4.18. The van der Waals surface area contributed by atoms with E-state index in [4.69, 9.17) is 4.42 Å². The van der Waals surface area contributed by atoms with Gasteiger partial charge in [0.05, 0.1) is 0 Å². The van der Waals surface area contributed by atoms with Gasteiger partial charge in [0.25, 0.3) is 0 Å². The Hall–Kier alpha value is -2.05. The highest BCUT2D eigenvalue weighted by Gasteiger charge is 2.41. The summed E-state index contributed by atoms with van der Waals surface area (Å²) in [6.45, 7) is 0. The molecule has 1 heterocycles.